The van der Waals surface area contributed by atoms with Crippen LogP contribution in [0.25, 0.3) is 0 Å². The van der Waals surface area contributed by atoms with E-state index in [1.165, 1.54) is 38.4 Å². The number of hydrogen-bond acceptors (Lipinski definition) is 4. The van der Waals surface area contributed by atoms with Crippen LogP contribution in [-0.2, 0) is 13.0 Å². The molecule has 2 N–H and O–H groups in total. The van der Waals surface area contributed by atoms with E-state index in [1.54, 1.807) is 11.5 Å². The predicted molar refractivity (Wildman–Crippen MR) is 94.3 cm³/mol. The van der Waals surface area contributed by atoms with Gasteiger partial charge in [0.1, 0.15) is 5.82 Å². The molecule has 6 rings (SSSR count). The fourth-order valence-electron chi connectivity index (χ4n) is 5.38. The van der Waals surface area contributed by atoms with Crippen molar-refractivity contribution >= 4 is 5.91 Å². The average molecular weight is 359 g/mol. The van der Waals surface area contributed by atoms with Crippen LogP contribution >= 0.6 is 0 Å². The third-order valence-corrected chi connectivity index (χ3v) is 7.02. The van der Waals surface area contributed by atoms with Crippen molar-refractivity contribution in [1.29, 1.82) is 0 Å². The second-order valence-corrected chi connectivity index (χ2v) is 8.63. The smallest absolute Gasteiger partial charge is 0.274 e. The zero-order valence-electron chi connectivity index (χ0n) is 15.0. The van der Waals surface area contributed by atoms with Crippen LogP contribution in [0.5, 0.6) is 0 Å². The maximum Gasteiger partial charge on any atom is 0.274 e. The highest BCUT2D eigenvalue weighted by Gasteiger charge is 2.49. The van der Waals surface area contributed by atoms with E-state index in [0.29, 0.717) is 6.54 Å². The van der Waals surface area contributed by atoms with E-state index in [9.17, 15) is 9.18 Å². The number of hydrogen-bond donors (Lipinski definition) is 2. The first-order valence-corrected chi connectivity index (χ1v) is 9.84. The Bertz CT molecular complexity index is 724. The van der Waals surface area contributed by atoms with E-state index in [2.05, 4.69) is 9.80 Å². The molecule has 140 valence electrons. The van der Waals surface area contributed by atoms with Gasteiger partial charge < -0.3 is 0 Å². The lowest BCUT2D eigenvalue weighted by atomic mass is 9.61. The lowest BCUT2D eigenvalue weighted by Crippen LogP contribution is -2.58. The third kappa shape index (κ3) is 2.84. The van der Waals surface area contributed by atoms with Gasteiger partial charge in [0.25, 0.3) is 5.91 Å². The predicted octanol–water partition coefficient (Wildman–Crippen LogP) is 2.03. The minimum atomic E-state index is -0.656. The van der Waals surface area contributed by atoms with Gasteiger partial charge in [-0.25, -0.2) is 9.87 Å². The van der Waals surface area contributed by atoms with Crippen LogP contribution in [0.2, 0.25) is 0 Å². The Morgan fingerprint density at radius 1 is 1.27 bits per heavy atom. The van der Waals surface area contributed by atoms with Crippen molar-refractivity contribution in [2.24, 2.45) is 17.8 Å². The van der Waals surface area contributed by atoms with Gasteiger partial charge in [0.15, 0.2) is 0 Å². The van der Waals surface area contributed by atoms with E-state index in [4.69, 9.17) is 5.21 Å². The normalized spacial score (nSPS) is 31.2. The lowest BCUT2D eigenvalue weighted by Gasteiger charge is -2.55. The SMILES string of the molecule is O=C(NO)c1cc(F)c2c(c1)CCN(CC1C3CC1CN(C1CC1)C3)C2. The number of nitrogens with one attached hydrogen (secondary N) is 1. The van der Waals surface area contributed by atoms with Gasteiger partial charge in [-0.1, -0.05) is 0 Å². The summed E-state index contributed by atoms with van der Waals surface area (Å²) in [6, 6.07) is 3.83. The first kappa shape index (κ1) is 16.7. The van der Waals surface area contributed by atoms with Crippen LogP contribution in [-0.4, -0.2) is 53.1 Å². The Morgan fingerprint density at radius 3 is 2.73 bits per heavy atom. The van der Waals surface area contributed by atoms with Crippen LogP contribution < -0.4 is 5.48 Å². The van der Waals surface area contributed by atoms with E-state index in [-0.39, 0.29) is 11.4 Å². The van der Waals surface area contributed by atoms with Crippen LogP contribution in [0.3, 0.4) is 0 Å². The van der Waals surface area contributed by atoms with Crippen molar-refractivity contribution in [3.63, 3.8) is 0 Å². The minimum Gasteiger partial charge on any atom is -0.300 e. The molecule has 1 aromatic carbocycles. The van der Waals surface area contributed by atoms with Gasteiger partial charge in [-0.2, -0.15) is 0 Å². The zero-order valence-corrected chi connectivity index (χ0v) is 15.0. The first-order valence-electron chi connectivity index (χ1n) is 9.84. The molecule has 0 aromatic heterocycles. The molecule has 2 saturated carbocycles. The molecule has 2 unspecified atom stereocenters. The quantitative estimate of drug-likeness (QED) is 0.638. The summed E-state index contributed by atoms with van der Waals surface area (Å²) in [6.45, 7) is 5.16. The van der Waals surface area contributed by atoms with E-state index >= 15 is 0 Å². The molecule has 2 atom stereocenters. The van der Waals surface area contributed by atoms with Crippen molar-refractivity contribution in [3.8, 4) is 0 Å². The molecule has 0 radical (unpaired) electrons. The number of benzene rings is 1. The van der Waals surface area contributed by atoms with Crippen molar-refractivity contribution in [2.45, 2.75) is 38.3 Å². The van der Waals surface area contributed by atoms with Gasteiger partial charge in [-0.15, -0.1) is 0 Å². The van der Waals surface area contributed by atoms with Crippen molar-refractivity contribution < 1.29 is 14.4 Å². The number of piperidine rings is 2. The third-order valence-electron chi connectivity index (χ3n) is 7.02. The zero-order chi connectivity index (χ0) is 17.8. The van der Waals surface area contributed by atoms with Crippen molar-refractivity contribution in [2.75, 3.05) is 26.2 Å². The highest BCUT2D eigenvalue weighted by atomic mass is 19.1. The second-order valence-electron chi connectivity index (χ2n) is 8.63. The van der Waals surface area contributed by atoms with Crippen molar-refractivity contribution in [3.05, 3.63) is 34.6 Å². The topological polar surface area (TPSA) is 55.8 Å². The van der Waals surface area contributed by atoms with Gasteiger partial charge in [-0.3, -0.25) is 19.8 Å². The number of hydroxylamine groups is 1. The summed E-state index contributed by atoms with van der Waals surface area (Å²) in [4.78, 5) is 16.7. The summed E-state index contributed by atoms with van der Waals surface area (Å²) in [6.07, 6.45) is 4.92. The molecule has 4 fully saturated rings. The molecule has 3 aliphatic heterocycles. The summed E-state index contributed by atoms with van der Waals surface area (Å²) in [7, 11) is 0. The van der Waals surface area contributed by atoms with E-state index in [0.717, 1.165) is 54.4 Å². The fraction of sp³-hybridized carbons (Fsp3) is 0.650. The molecule has 0 spiro atoms. The molecular formula is C20H26FN3O2. The molecule has 2 aliphatic carbocycles. The van der Waals surface area contributed by atoms with Crippen LogP contribution in [0.1, 0.15) is 40.7 Å². The Hall–Kier alpha value is -1.50. The molecule has 6 heteroatoms. The fourth-order valence-corrected chi connectivity index (χ4v) is 5.38. The number of amides is 1. The maximum atomic E-state index is 14.5. The molecule has 26 heavy (non-hydrogen) atoms. The number of halogens is 1. The number of rotatable bonds is 4. The van der Waals surface area contributed by atoms with E-state index in [1.807, 2.05) is 0 Å². The maximum absolute atomic E-state index is 14.5. The van der Waals surface area contributed by atoms with Gasteiger partial charge in [0, 0.05) is 49.9 Å². The summed E-state index contributed by atoms with van der Waals surface area (Å²) >= 11 is 0. The van der Waals surface area contributed by atoms with Crippen molar-refractivity contribution in [1.82, 2.24) is 15.3 Å². The van der Waals surface area contributed by atoms with E-state index < -0.39 is 5.91 Å². The molecule has 5 aliphatic rings. The Kier molecular flexibility index (Phi) is 4.03. The molecule has 5 nitrogen and oxygen atoms in total. The molecule has 1 amide bonds. The highest BCUT2D eigenvalue weighted by molar-refractivity contribution is 5.93. The lowest BCUT2D eigenvalue weighted by molar-refractivity contribution is -0.0625. The van der Waals surface area contributed by atoms with Gasteiger partial charge in [0.05, 0.1) is 0 Å². The van der Waals surface area contributed by atoms with Crippen LogP contribution in [0.4, 0.5) is 4.39 Å². The monoisotopic (exact) mass is 359 g/mol. The Morgan fingerprint density at radius 2 is 2.04 bits per heavy atom. The van der Waals surface area contributed by atoms with Crippen LogP contribution in [0, 0.1) is 23.6 Å². The summed E-state index contributed by atoms with van der Waals surface area (Å²) < 4.78 is 14.5. The first-order chi connectivity index (χ1) is 12.6. The minimum absolute atomic E-state index is 0.186. The number of carbonyl (C=O) groups excluding carboxylic acids is 1. The molecule has 1 aromatic rings. The Labute approximate surface area is 153 Å². The second kappa shape index (κ2) is 6.29. The highest BCUT2D eigenvalue weighted by Crippen LogP contribution is 2.48. The Balaban J connectivity index is 1.25. The van der Waals surface area contributed by atoms with Gasteiger partial charge in [-0.05, 0) is 61.1 Å². The number of carbonyl (C=O) groups is 1. The summed E-state index contributed by atoms with van der Waals surface area (Å²) in [5.41, 5.74) is 3.38. The summed E-state index contributed by atoms with van der Waals surface area (Å²) in [5.74, 6) is 1.44. The summed E-state index contributed by atoms with van der Waals surface area (Å²) in [5, 5.41) is 8.76. The largest absolute Gasteiger partial charge is 0.300 e. The molecule has 3 heterocycles. The average Bonchev–Trinajstić information content (AvgIpc) is 3.51. The van der Waals surface area contributed by atoms with Gasteiger partial charge >= 0.3 is 0 Å². The van der Waals surface area contributed by atoms with Crippen LogP contribution in [0.15, 0.2) is 12.1 Å². The standard InChI is InChI=1S/C20H26FN3O2/c21-19-7-13(20(25)22-26)5-12-3-4-23(11-18(12)19)10-17-14-6-15(17)9-24(8-14)16-1-2-16/h5,7,14-17,26H,1-4,6,8-11H2,(H,22,25). The molecule has 2 saturated heterocycles. The number of fused-ring (bicyclic) bond motifs is 3. The van der Waals surface area contributed by atoms with Gasteiger partial charge in [0.2, 0.25) is 0 Å². The molecule has 2 bridgehead atoms. The molecular weight excluding hydrogens is 333 g/mol. The number of nitrogens with zero attached hydrogens (tertiary/aromatic N) is 2.